The molecule has 0 aliphatic carbocycles. The van der Waals surface area contributed by atoms with Gasteiger partial charge in [-0.3, -0.25) is 0 Å². The van der Waals surface area contributed by atoms with Crippen LogP contribution >= 0.6 is 0 Å². The van der Waals surface area contributed by atoms with Crippen molar-refractivity contribution in [1.82, 2.24) is 0 Å². The molecule has 2 atom stereocenters. The second-order valence-corrected chi connectivity index (χ2v) is 4.00. The zero-order valence-corrected chi connectivity index (χ0v) is 9.59. The van der Waals surface area contributed by atoms with E-state index in [0.29, 0.717) is 13.2 Å². The molecule has 88 valence electrons. The van der Waals surface area contributed by atoms with Crippen molar-refractivity contribution in [3.8, 4) is 0 Å². The second kappa shape index (κ2) is 5.99. The molecule has 1 aromatic carbocycles. The molecule has 1 aliphatic rings. The highest BCUT2D eigenvalue weighted by atomic mass is 16.7. The molecule has 2 unspecified atom stereocenters. The van der Waals surface area contributed by atoms with Crippen molar-refractivity contribution in [3.05, 3.63) is 35.9 Å². The Kier molecular flexibility index (Phi) is 4.34. The Morgan fingerprint density at radius 1 is 1.25 bits per heavy atom. The van der Waals surface area contributed by atoms with Crippen LogP contribution in [0.2, 0.25) is 0 Å². The summed E-state index contributed by atoms with van der Waals surface area (Å²) in [6, 6.07) is 10.2. The minimum absolute atomic E-state index is 0.0367. The zero-order chi connectivity index (χ0) is 11.2. The first-order valence-electron chi connectivity index (χ1n) is 5.68. The third-order valence-corrected chi connectivity index (χ3v) is 2.75. The maximum Gasteiger partial charge on any atom is 0.157 e. The van der Waals surface area contributed by atoms with Crippen LogP contribution in [0.25, 0.3) is 0 Å². The van der Waals surface area contributed by atoms with Crippen LogP contribution in [0.4, 0.5) is 0 Å². The van der Waals surface area contributed by atoms with E-state index in [0.717, 1.165) is 12.8 Å². The van der Waals surface area contributed by atoms with Gasteiger partial charge in [0.1, 0.15) is 0 Å². The number of rotatable bonds is 5. The molecule has 1 fully saturated rings. The molecular weight excluding hydrogens is 204 g/mol. The molecule has 0 saturated carbocycles. The fourth-order valence-electron chi connectivity index (χ4n) is 1.85. The summed E-state index contributed by atoms with van der Waals surface area (Å²) in [4.78, 5) is 0. The Hall–Kier alpha value is -0.900. The molecule has 1 aromatic rings. The summed E-state index contributed by atoms with van der Waals surface area (Å²) in [5.41, 5.74) is 1.20. The molecule has 0 radical (unpaired) electrons. The van der Waals surface area contributed by atoms with Gasteiger partial charge in [-0.15, -0.1) is 0 Å². The van der Waals surface area contributed by atoms with Crippen molar-refractivity contribution < 1.29 is 14.2 Å². The van der Waals surface area contributed by atoms with Crippen molar-refractivity contribution >= 4 is 0 Å². The summed E-state index contributed by atoms with van der Waals surface area (Å²) in [7, 11) is 1.68. The summed E-state index contributed by atoms with van der Waals surface area (Å²) in [5.74, 6) is 0. The van der Waals surface area contributed by atoms with E-state index in [9.17, 15) is 0 Å². The van der Waals surface area contributed by atoms with Gasteiger partial charge in [-0.05, 0) is 12.0 Å². The molecule has 1 aliphatic heterocycles. The first kappa shape index (κ1) is 11.6. The van der Waals surface area contributed by atoms with E-state index in [-0.39, 0.29) is 12.4 Å². The highest BCUT2D eigenvalue weighted by Crippen LogP contribution is 2.20. The van der Waals surface area contributed by atoms with Crippen LogP contribution in [0.3, 0.4) is 0 Å². The Bertz CT molecular complexity index is 299. The van der Waals surface area contributed by atoms with Crippen molar-refractivity contribution in [2.24, 2.45) is 0 Å². The molecule has 0 aromatic heterocycles. The highest BCUT2D eigenvalue weighted by molar-refractivity contribution is 5.13. The van der Waals surface area contributed by atoms with Crippen LogP contribution in [-0.4, -0.2) is 26.1 Å². The van der Waals surface area contributed by atoms with Crippen LogP contribution in [0, 0.1) is 0 Å². The lowest BCUT2D eigenvalue weighted by Crippen LogP contribution is -2.17. The smallest absolute Gasteiger partial charge is 0.157 e. The van der Waals surface area contributed by atoms with Gasteiger partial charge < -0.3 is 14.2 Å². The van der Waals surface area contributed by atoms with Gasteiger partial charge in [0.2, 0.25) is 0 Å². The minimum Gasteiger partial charge on any atom is -0.374 e. The molecule has 2 rings (SSSR count). The third-order valence-electron chi connectivity index (χ3n) is 2.75. The Morgan fingerprint density at radius 2 is 2.06 bits per heavy atom. The van der Waals surface area contributed by atoms with E-state index >= 15 is 0 Å². The molecule has 0 bridgehead atoms. The van der Waals surface area contributed by atoms with Gasteiger partial charge in [0.15, 0.2) is 6.29 Å². The Balaban J connectivity index is 1.65. The van der Waals surface area contributed by atoms with Gasteiger partial charge in [-0.2, -0.15) is 0 Å². The summed E-state index contributed by atoms with van der Waals surface area (Å²) in [6.07, 6.45) is 2.14. The largest absolute Gasteiger partial charge is 0.374 e. The number of hydrogen-bond donors (Lipinski definition) is 0. The van der Waals surface area contributed by atoms with Crippen LogP contribution in [-0.2, 0) is 20.8 Å². The quantitative estimate of drug-likeness (QED) is 0.765. The van der Waals surface area contributed by atoms with Gasteiger partial charge in [0.05, 0.1) is 19.3 Å². The summed E-state index contributed by atoms with van der Waals surface area (Å²) in [5, 5.41) is 0. The van der Waals surface area contributed by atoms with E-state index < -0.39 is 0 Å². The topological polar surface area (TPSA) is 27.7 Å². The molecule has 1 saturated heterocycles. The van der Waals surface area contributed by atoms with Crippen molar-refractivity contribution in [2.45, 2.75) is 31.8 Å². The summed E-state index contributed by atoms with van der Waals surface area (Å²) < 4.78 is 16.3. The normalized spacial score (nSPS) is 24.8. The maximum absolute atomic E-state index is 5.62. The van der Waals surface area contributed by atoms with E-state index in [2.05, 4.69) is 12.1 Å². The van der Waals surface area contributed by atoms with Gasteiger partial charge >= 0.3 is 0 Å². The molecule has 0 spiro atoms. The van der Waals surface area contributed by atoms with E-state index in [1.54, 1.807) is 7.11 Å². The standard InChI is InChI=1S/C13H18O3/c1-14-13-8-7-12(16-13)10-15-9-11-5-3-2-4-6-11/h2-6,12-13H,7-10H2,1H3. The van der Waals surface area contributed by atoms with E-state index in [1.165, 1.54) is 5.56 Å². The Labute approximate surface area is 96.3 Å². The molecule has 1 heterocycles. The van der Waals surface area contributed by atoms with E-state index in [4.69, 9.17) is 14.2 Å². The van der Waals surface area contributed by atoms with Gasteiger partial charge in [-0.25, -0.2) is 0 Å². The minimum atomic E-state index is -0.0367. The first-order valence-corrected chi connectivity index (χ1v) is 5.68. The van der Waals surface area contributed by atoms with Gasteiger partial charge in [0, 0.05) is 13.5 Å². The number of methoxy groups -OCH3 is 1. The summed E-state index contributed by atoms with van der Waals surface area (Å²) in [6.45, 7) is 1.30. The predicted octanol–water partition coefficient (Wildman–Crippen LogP) is 2.35. The number of benzene rings is 1. The fourth-order valence-corrected chi connectivity index (χ4v) is 1.85. The first-order chi connectivity index (χ1) is 7.88. The van der Waals surface area contributed by atoms with Crippen molar-refractivity contribution in [2.75, 3.05) is 13.7 Å². The molecule has 3 nitrogen and oxygen atoms in total. The van der Waals surface area contributed by atoms with Gasteiger partial charge in [-0.1, -0.05) is 30.3 Å². The maximum atomic E-state index is 5.62. The summed E-state index contributed by atoms with van der Waals surface area (Å²) >= 11 is 0. The van der Waals surface area contributed by atoms with Crippen molar-refractivity contribution in [1.29, 1.82) is 0 Å². The lowest BCUT2D eigenvalue weighted by molar-refractivity contribution is -0.129. The predicted molar refractivity (Wildman–Crippen MR) is 61.0 cm³/mol. The highest BCUT2D eigenvalue weighted by Gasteiger charge is 2.24. The van der Waals surface area contributed by atoms with Crippen LogP contribution in [0.5, 0.6) is 0 Å². The zero-order valence-electron chi connectivity index (χ0n) is 9.59. The lowest BCUT2D eigenvalue weighted by Gasteiger charge is -2.12. The molecule has 0 amide bonds. The average molecular weight is 222 g/mol. The monoisotopic (exact) mass is 222 g/mol. The van der Waals surface area contributed by atoms with Crippen LogP contribution in [0.1, 0.15) is 18.4 Å². The number of ether oxygens (including phenoxy) is 3. The van der Waals surface area contributed by atoms with E-state index in [1.807, 2.05) is 18.2 Å². The van der Waals surface area contributed by atoms with Gasteiger partial charge in [0.25, 0.3) is 0 Å². The molecular formula is C13H18O3. The van der Waals surface area contributed by atoms with Crippen LogP contribution in [0.15, 0.2) is 30.3 Å². The van der Waals surface area contributed by atoms with Crippen molar-refractivity contribution in [3.63, 3.8) is 0 Å². The number of hydrogen-bond acceptors (Lipinski definition) is 3. The lowest BCUT2D eigenvalue weighted by atomic mass is 10.2. The average Bonchev–Trinajstić information content (AvgIpc) is 2.78. The Morgan fingerprint density at radius 3 is 2.75 bits per heavy atom. The molecule has 16 heavy (non-hydrogen) atoms. The second-order valence-electron chi connectivity index (χ2n) is 4.00. The SMILES string of the molecule is COC1CCC(COCc2ccccc2)O1. The van der Waals surface area contributed by atoms with Crippen LogP contribution < -0.4 is 0 Å². The third kappa shape index (κ3) is 3.30. The molecule has 0 N–H and O–H groups in total. The molecule has 3 heteroatoms. The fraction of sp³-hybridized carbons (Fsp3) is 0.538.